The van der Waals surface area contributed by atoms with Crippen LogP contribution in [0.5, 0.6) is 0 Å². The van der Waals surface area contributed by atoms with Crippen LogP contribution in [0.1, 0.15) is 0 Å². The molecule has 1 heterocycles. The van der Waals surface area contributed by atoms with E-state index < -0.39 is 0 Å². The number of nitrogens with one attached hydrogen (secondary N) is 2. The molecule has 0 saturated carbocycles. The van der Waals surface area contributed by atoms with E-state index in [1.807, 2.05) is 0 Å². The highest BCUT2D eigenvalue weighted by molar-refractivity contribution is 5.26. The predicted molar refractivity (Wildman–Crippen MR) is 40.2 cm³/mol. The van der Waals surface area contributed by atoms with E-state index in [9.17, 15) is 4.79 Å². The second kappa shape index (κ2) is 3.40. The summed E-state index contributed by atoms with van der Waals surface area (Å²) >= 11 is 0. The second-order valence-electron chi connectivity index (χ2n) is 1.74. The van der Waals surface area contributed by atoms with E-state index in [2.05, 4.69) is 15.3 Å². The van der Waals surface area contributed by atoms with E-state index in [1.165, 1.54) is 18.5 Å². The zero-order valence-corrected chi connectivity index (χ0v) is 5.61. The highest BCUT2D eigenvalue weighted by atomic mass is 16.2. The van der Waals surface area contributed by atoms with Crippen LogP contribution in [0.4, 0.5) is 5.95 Å². The summed E-state index contributed by atoms with van der Waals surface area (Å²) in [7, 11) is 0. The molecule has 0 radical (unpaired) electrons. The minimum absolute atomic E-state index is 0.242. The topological polar surface area (TPSA) is 78.0 Å². The van der Waals surface area contributed by atoms with Crippen LogP contribution >= 0.6 is 0 Å². The minimum atomic E-state index is -0.242. The number of nitrogens with zero attached hydrogens (tertiary/aromatic N) is 1. The summed E-state index contributed by atoms with van der Waals surface area (Å²) in [5.74, 6) is 0.294. The lowest BCUT2D eigenvalue weighted by Crippen LogP contribution is -2.07. The molecule has 1 aromatic heterocycles. The van der Waals surface area contributed by atoms with Gasteiger partial charge in [0.2, 0.25) is 5.95 Å². The van der Waals surface area contributed by atoms with Gasteiger partial charge in [-0.2, -0.15) is 0 Å². The first-order valence-corrected chi connectivity index (χ1v) is 2.94. The molecule has 5 nitrogen and oxygen atoms in total. The third kappa shape index (κ3) is 2.13. The number of aromatic amines is 1. The van der Waals surface area contributed by atoms with Crippen molar-refractivity contribution in [3.05, 3.63) is 35.1 Å². The first-order valence-electron chi connectivity index (χ1n) is 2.94. The average molecular weight is 153 g/mol. The van der Waals surface area contributed by atoms with Crippen molar-refractivity contribution in [3.8, 4) is 0 Å². The van der Waals surface area contributed by atoms with Gasteiger partial charge in [-0.15, -0.1) is 0 Å². The van der Waals surface area contributed by atoms with E-state index >= 15 is 0 Å². The van der Waals surface area contributed by atoms with E-state index in [0.29, 0.717) is 5.95 Å². The van der Waals surface area contributed by atoms with E-state index in [0.717, 1.165) is 6.26 Å². The highest BCUT2D eigenvalue weighted by Crippen LogP contribution is 1.88. The van der Waals surface area contributed by atoms with E-state index in [4.69, 9.17) is 5.11 Å². The van der Waals surface area contributed by atoms with Crippen molar-refractivity contribution in [2.75, 3.05) is 5.32 Å². The summed E-state index contributed by atoms with van der Waals surface area (Å²) in [6.07, 6.45) is 3.43. The second-order valence-corrected chi connectivity index (χ2v) is 1.74. The van der Waals surface area contributed by atoms with Crippen molar-refractivity contribution in [1.29, 1.82) is 0 Å². The van der Waals surface area contributed by atoms with E-state index in [-0.39, 0.29) is 5.56 Å². The summed E-state index contributed by atoms with van der Waals surface area (Å²) in [5, 5.41) is 10.8. The lowest BCUT2D eigenvalue weighted by Gasteiger charge is -1.95. The molecule has 0 aliphatic carbocycles. The molecule has 5 heteroatoms. The summed E-state index contributed by atoms with van der Waals surface area (Å²) in [4.78, 5) is 16.8. The zero-order chi connectivity index (χ0) is 8.10. The van der Waals surface area contributed by atoms with Gasteiger partial charge in [0.05, 0.1) is 6.26 Å². The van der Waals surface area contributed by atoms with Crippen LogP contribution < -0.4 is 10.9 Å². The van der Waals surface area contributed by atoms with Gasteiger partial charge in [-0.1, -0.05) is 0 Å². The van der Waals surface area contributed by atoms with Crippen molar-refractivity contribution in [2.24, 2.45) is 0 Å². The molecular formula is C6H7N3O2. The zero-order valence-electron chi connectivity index (χ0n) is 5.61. The van der Waals surface area contributed by atoms with Gasteiger partial charge in [0.15, 0.2) is 0 Å². The van der Waals surface area contributed by atoms with Gasteiger partial charge in [-0.05, 0) is 0 Å². The minimum Gasteiger partial charge on any atom is -0.514 e. The van der Waals surface area contributed by atoms with Crippen molar-refractivity contribution < 1.29 is 5.11 Å². The van der Waals surface area contributed by atoms with Gasteiger partial charge in [0.1, 0.15) is 0 Å². The summed E-state index contributed by atoms with van der Waals surface area (Å²) < 4.78 is 0. The van der Waals surface area contributed by atoms with Gasteiger partial charge in [-0.3, -0.25) is 9.78 Å². The number of aromatic nitrogens is 2. The average Bonchev–Trinajstić information content (AvgIpc) is 2.01. The Morgan fingerprint density at radius 3 is 3.18 bits per heavy atom. The fraction of sp³-hybridized carbons (Fsp3) is 0. The van der Waals surface area contributed by atoms with Crippen LogP contribution in [0.15, 0.2) is 29.5 Å². The van der Waals surface area contributed by atoms with E-state index in [1.54, 1.807) is 0 Å². The molecular weight excluding hydrogens is 146 g/mol. The number of aliphatic hydroxyl groups excluding tert-OH is 1. The van der Waals surface area contributed by atoms with Gasteiger partial charge < -0.3 is 10.4 Å². The summed E-state index contributed by atoms with van der Waals surface area (Å²) in [5.41, 5.74) is -0.242. The maximum atomic E-state index is 10.6. The lowest BCUT2D eigenvalue weighted by atomic mass is 10.6. The third-order valence-corrected chi connectivity index (χ3v) is 0.966. The Balaban J connectivity index is 2.79. The molecule has 58 valence electrons. The Bertz CT molecular complexity index is 305. The number of rotatable bonds is 2. The molecule has 0 aliphatic rings. The van der Waals surface area contributed by atoms with Gasteiger partial charge in [-0.25, -0.2) is 4.98 Å². The van der Waals surface area contributed by atoms with Crippen molar-refractivity contribution in [3.63, 3.8) is 0 Å². The first kappa shape index (κ1) is 7.33. The molecule has 0 bridgehead atoms. The molecule has 0 saturated heterocycles. The summed E-state index contributed by atoms with van der Waals surface area (Å²) in [6.45, 7) is 0. The molecule has 0 aliphatic heterocycles. The standard InChI is InChI=1S/C6H7N3O2/c10-4-3-8-6-7-2-1-5(11)9-6/h1-4,10H,(H2,7,8,9,11)/b4-3-. The van der Waals surface area contributed by atoms with Crippen molar-refractivity contribution >= 4 is 5.95 Å². The number of H-pyrrole nitrogens is 1. The molecule has 0 unspecified atom stereocenters. The molecule has 1 rings (SSSR count). The Morgan fingerprint density at radius 1 is 1.73 bits per heavy atom. The van der Waals surface area contributed by atoms with Crippen LogP contribution in [-0.2, 0) is 0 Å². The fourth-order valence-electron chi connectivity index (χ4n) is 0.560. The first-order chi connectivity index (χ1) is 5.33. The van der Waals surface area contributed by atoms with Gasteiger partial charge in [0.25, 0.3) is 5.56 Å². The van der Waals surface area contributed by atoms with Crippen LogP contribution in [0, 0.1) is 0 Å². The Kier molecular flexibility index (Phi) is 2.27. The predicted octanol–water partition coefficient (Wildman–Crippen LogP) is 0.211. The Labute approximate surface area is 62.4 Å². The molecule has 0 atom stereocenters. The third-order valence-electron chi connectivity index (χ3n) is 0.966. The monoisotopic (exact) mass is 153 g/mol. The number of aliphatic hydroxyl groups is 1. The van der Waals surface area contributed by atoms with Crippen molar-refractivity contribution in [2.45, 2.75) is 0 Å². The van der Waals surface area contributed by atoms with Gasteiger partial charge in [0, 0.05) is 18.5 Å². The van der Waals surface area contributed by atoms with Crippen molar-refractivity contribution in [1.82, 2.24) is 9.97 Å². The van der Waals surface area contributed by atoms with Crippen LogP contribution in [-0.4, -0.2) is 15.1 Å². The quantitative estimate of drug-likeness (QED) is 0.531. The molecule has 1 aromatic rings. The normalized spacial score (nSPS) is 10.2. The Hall–Kier alpha value is -1.78. The van der Waals surface area contributed by atoms with Gasteiger partial charge >= 0.3 is 0 Å². The molecule has 3 N–H and O–H groups in total. The van der Waals surface area contributed by atoms with Crippen LogP contribution in [0.3, 0.4) is 0 Å². The fourth-order valence-corrected chi connectivity index (χ4v) is 0.560. The SMILES string of the molecule is O=c1ccnc(N/C=C\O)[nH]1. The summed E-state index contributed by atoms with van der Waals surface area (Å²) in [6, 6.07) is 1.30. The smallest absolute Gasteiger partial charge is 0.252 e. The van der Waals surface area contributed by atoms with Crippen LogP contribution in [0.25, 0.3) is 0 Å². The molecule has 11 heavy (non-hydrogen) atoms. The Morgan fingerprint density at radius 2 is 2.55 bits per heavy atom. The molecule has 0 amide bonds. The number of hydrogen-bond acceptors (Lipinski definition) is 4. The molecule has 0 spiro atoms. The molecule has 0 aromatic carbocycles. The maximum absolute atomic E-state index is 10.6. The lowest BCUT2D eigenvalue weighted by molar-refractivity contribution is 0.473. The highest BCUT2D eigenvalue weighted by Gasteiger charge is 1.87. The largest absolute Gasteiger partial charge is 0.514 e. The van der Waals surface area contributed by atoms with Crippen LogP contribution in [0.2, 0.25) is 0 Å². The maximum Gasteiger partial charge on any atom is 0.252 e. The number of hydrogen-bond donors (Lipinski definition) is 3. The number of anilines is 1. The molecule has 0 fully saturated rings.